The van der Waals surface area contributed by atoms with Crippen LogP contribution in [0.15, 0.2) is 30.9 Å². The van der Waals surface area contributed by atoms with Crippen molar-refractivity contribution < 1.29 is 4.79 Å². The van der Waals surface area contributed by atoms with E-state index in [0.29, 0.717) is 5.69 Å². The summed E-state index contributed by atoms with van der Waals surface area (Å²) < 4.78 is 3.93. The van der Waals surface area contributed by atoms with Crippen LogP contribution >= 0.6 is 0 Å². The molecule has 2 aromatic heterocycles. The average Bonchev–Trinajstić information content (AvgIpc) is 3.22. The second-order valence-corrected chi connectivity index (χ2v) is 6.30. The molecule has 26 heavy (non-hydrogen) atoms. The molecule has 0 spiro atoms. The van der Waals surface area contributed by atoms with E-state index in [1.165, 1.54) is 6.33 Å². The molecule has 0 aliphatic heterocycles. The quantitative estimate of drug-likeness (QED) is 0.680. The Morgan fingerprint density at radius 1 is 1.19 bits per heavy atom. The summed E-state index contributed by atoms with van der Waals surface area (Å²) in [6.45, 7) is 7.81. The Balaban J connectivity index is 1.66. The molecule has 2 heterocycles. The molecule has 0 fully saturated rings. The second-order valence-electron chi connectivity index (χ2n) is 6.30. The molecule has 3 rings (SSSR count). The van der Waals surface area contributed by atoms with E-state index in [0.717, 1.165) is 42.8 Å². The lowest BCUT2D eigenvalue weighted by Gasteiger charge is -2.15. The molecule has 2 amide bonds. The number of carbonyl (C=O) groups excluding carboxylic acids is 1. The molecule has 8 heteroatoms. The Morgan fingerprint density at radius 2 is 2.00 bits per heavy atom. The van der Waals surface area contributed by atoms with Gasteiger partial charge in [-0.05, 0) is 38.0 Å². The van der Waals surface area contributed by atoms with Crippen LogP contribution in [0.1, 0.15) is 45.5 Å². The van der Waals surface area contributed by atoms with Gasteiger partial charge in [0.05, 0.1) is 23.4 Å². The van der Waals surface area contributed by atoms with Crippen molar-refractivity contribution >= 4 is 22.8 Å². The van der Waals surface area contributed by atoms with Crippen molar-refractivity contribution in [1.29, 1.82) is 0 Å². The minimum Gasteiger partial charge on any atom is -0.331 e. The van der Waals surface area contributed by atoms with Gasteiger partial charge in [-0.2, -0.15) is 5.10 Å². The lowest BCUT2D eigenvalue weighted by atomic mass is 10.2. The van der Waals surface area contributed by atoms with Crippen molar-refractivity contribution in [3.05, 3.63) is 36.7 Å². The van der Waals surface area contributed by atoms with E-state index in [1.807, 2.05) is 36.1 Å². The molecular formula is C18H25N7O. The summed E-state index contributed by atoms with van der Waals surface area (Å²) in [6.07, 6.45) is 5.36. The van der Waals surface area contributed by atoms with Crippen molar-refractivity contribution in [2.75, 3.05) is 5.32 Å². The van der Waals surface area contributed by atoms with Gasteiger partial charge in [-0.15, -0.1) is 0 Å². The highest BCUT2D eigenvalue weighted by molar-refractivity contribution is 5.92. The molecule has 0 saturated carbocycles. The fourth-order valence-corrected chi connectivity index (χ4v) is 2.98. The van der Waals surface area contributed by atoms with Crippen LogP contribution in [-0.4, -0.2) is 30.3 Å². The van der Waals surface area contributed by atoms with Crippen LogP contribution in [0.3, 0.4) is 0 Å². The summed E-state index contributed by atoms with van der Waals surface area (Å²) in [5.74, 6) is 0.746. The third kappa shape index (κ3) is 3.84. The maximum atomic E-state index is 12.3. The number of imidazole rings is 1. The number of urea groups is 1. The first-order chi connectivity index (χ1) is 12.6. The van der Waals surface area contributed by atoms with Gasteiger partial charge in [-0.1, -0.05) is 13.8 Å². The molecule has 8 nitrogen and oxygen atoms in total. The normalized spacial score (nSPS) is 12.3. The number of aromatic nitrogens is 5. The molecule has 138 valence electrons. The zero-order valence-electron chi connectivity index (χ0n) is 15.4. The third-order valence-corrected chi connectivity index (χ3v) is 4.16. The van der Waals surface area contributed by atoms with E-state index >= 15 is 0 Å². The predicted molar refractivity (Wildman–Crippen MR) is 101 cm³/mol. The van der Waals surface area contributed by atoms with Crippen LogP contribution in [0.25, 0.3) is 11.0 Å². The number of anilines is 1. The van der Waals surface area contributed by atoms with Gasteiger partial charge in [0.2, 0.25) is 0 Å². The first kappa shape index (κ1) is 17.9. The molecule has 0 saturated heterocycles. The zero-order valence-corrected chi connectivity index (χ0v) is 15.4. The Bertz CT molecular complexity index is 883. The van der Waals surface area contributed by atoms with Crippen LogP contribution in [0.5, 0.6) is 0 Å². The predicted octanol–water partition coefficient (Wildman–Crippen LogP) is 3.33. The van der Waals surface area contributed by atoms with Crippen LogP contribution in [-0.2, 0) is 13.1 Å². The first-order valence-corrected chi connectivity index (χ1v) is 9.02. The molecule has 1 atom stereocenters. The van der Waals surface area contributed by atoms with Crippen molar-refractivity contribution in [1.82, 2.24) is 29.6 Å². The highest BCUT2D eigenvalue weighted by Gasteiger charge is 2.15. The second kappa shape index (κ2) is 7.99. The van der Waals surface area contributed by atoms with Gasteiger partial charge in [-0.25, -0.2) is 19.4 Å². The molecule has 1 aromatic carbocycles. The molecular weight excluding hydrogens is 330 g/mol. The van der Waals surface area contributed by atoms with Gasteiger partial charge in [0.1, 0.15) is 12.2 Å². The Morgan fingerprint density at radius 3 is 2.77 bits per heavy atom. The van der Waals surface area contributed by atoms with Crippen molar-refractivity contribution in [3.63, 3.8) is 0 Å². The summed E-state index contributed by atoms with van der Waals surface area (Å²) in [7, 11) is 0. The van der Waals surface area contributed by atoms with Gasteiger partial charge in [0, 0.05) is 18.8 Å². The fourth-order valence-electron chi connectivity index (χ4n) is 2.98. The standard InChI is InChI=1S/C18H25N7O/c1-4-8-24-12-20-15-10-14(6-7-16(15)24)23-18(26)22-13(3)17-19-11-21-25(17)9-5-2/h6-7,10-13H,4-5,8-9H2,1-3H3,(H2,22,23,26). The number of nitrogens with zero attached hydrogens (tertiary/aromatic N) is 5. The monoisotopic (exact) mass is 355 g/mol. The zero-order chi connectivity index (χ0) is 18.5. The SMILES string of the molecule is CCCn1ncnc1C(C)NC(=O)Nc1ccc2c(c1)ncn2CCC. The average molecular weight is 355 g/mol. The number of fused-ring (bicyclic) bond motifs is 1. The largest absolute Gasteiger partial charge is 0.331 e. The van der Waals surface area contributed by atoms with E-state index in [9.17, 15) is 4.79 Å². The molecule has 1 unspecified atom stereocenters. The number of benzene rings is 1. The summed E-state index contributed by atoms with van der Waals surface area (Å²) in [5.41, 5.74) is 2.64. The number of hydrogen-bond donors (Lipinski definition) is 2. The number of amides is 2. The van der Waals surface area contributed by atoms with Crippen molar-refractivity contribution in [2.24, 2.45) is 0 Å². The van der Waals surface area contributed by atoms with Gasteiger partial charge in [0.15, 0.2) is 0 Å². The summed E-state index contributed by atoms with van der Waals surface area (Å²) in [4.78, 5) is 21.0. The van der Waals surface area contributed by atoms with Crippen LogP contribution < -0.4 is 10.6 Å². The molecule has 2 N–H and O–H groups in total. The number of carbonyl (C=O) groups is 1. The topological polar surface area (TPSA) is 89.7 Å². The molecule has 0 bridgehead atoms. The van der Waals surface area contributed by atoms with Crippen LogP contribution in [0.4, 0.5) is 10.5 Å². The minimum atomic E-state index is -0.282. The van der Waals surface area contributed by atoms with E-state index in [-0.39, 0.29) is 12.1 Å². The van der Waals surface area contributed by atoms with E-state index < -0.39 is 0 Å². The number of rotatable bonds is 7. The van der Waals surface area contributed by atoms with E-state index in [1.54, 1.807) is 0 Å². The van der Waals surface area contributed by atoms with Gasteiger partial charge in [0.25, 0.3) is 0 Å². The van der Waals surface area contributed by atoms with Gasteiger partial charge >= 0.3 is 6.03 Å². The van der Waals surface area contributed by atoms with Gasteiger partial charge < -0.3 is 15.2 Å². The summed E-state index contributed by atoms with van der Waals surface area (Å²) in [6, 6.07) is 5.23. The van der Waals surface area contributed by atoms with Crippen molar-refractivity contribution in [2.45, 2.75) is 52.7 Å². The van der Waals surface area contributed by atoms with E-state index in [2.05, 4.69) is 44.1 Å². The van der Waals surface area contributed by atoms with Crippen LogP contribution in [0, 0.1) is 0 Å². The van der Waals surface area contributed by atoms with E-state index in [4.69, 9.17) is 0 Å². The highest BCUT2D eigenvalue weighted by atomic mass is 16.2. The molecule has 3 aromatic rings. The maximum absolute atomic E-state index is 12.3. The smallest absolute Gasteiger partial charge is 0.319 e. The molecule has 0 radical (unpaired) electrons. The third-order valence-electron chi connectivity index (χ3n) is 4.16. The number of hydrogen-bond acceptors (Lipinski definition) is 4. The lowest BCUT2D eigenvalue weighted by Crippen LogP contribution is -2.32. The Labute approximate surface area is 152 Å². The van der Waals surface area contributed by atoms with Gasteiger partial charge in [-0.3, -0.25) is 0 Å². The number of aryl methyl sites for hydroxylation is 2. The fraction of sp³-hybridized carbons (Fsp3) is 0.444. The Kier molecular flexibility index (Phi) is 5.50. The Hall–Kier alpha value is -2.90. The first-order valence-electron chi connectivity index (χ1n) is 9.02. The highest BCUT2D eigenvalue weighted by Crippen LogP contribution is 2.19. The maximum Gasteiger partial charge on any atom is 0.319 e. The molecule has 0 aliphatic carbocycles. The minimum absolute atomic E-state index is 0.239. The van der Waals surface area contributed by atoms with Crippen LogP contribution in [0.2, 0.25) is 0 Å². The number of nitrogens with one attached hydrogen (secondary N) is 2. The van der Waals surface area contributed by atoms with Crippen molar-refractivity contribution in [3.8, 4) is 0 Å². The molecule has 0 aliphatic rings. The lowest BCUT2D eigenvalue weighted by molar-refractivity contribution is 0.248. The summed E-state index contributed by atoms with van der Waals surface area (Å²) in [5, 5.41) is 9.96. The summed E-state index contributed by atoms with van der Waals surface area (Å²) >= 11 is 0.